The van der Waals surface area contributed by atoms with Crippen molar-refractivity contribution in [2.75, 3.05) is 6.61 Å². The van der Waals surface area contributed by atoms with E-state index in [9.17, 15) is 4.79 Å². The first-order chi connectivity index (χ1) is 8.29. The van der Waals surface area contributed by atoms with E-state index < -0.39 is 0 Å². The SMILES string of the molecule is CCOC(=O)CC=Cc1cnc2[nH]ncc2c1. The summed E-state index contributed by atoms with van der Waals surface area (Å²) >= 11 is 0. The predicted octanol–water partition coefficient (Wildman–Crippen LogP) is 1.92. The number of fused-ring (bicyclic) bond motifs is 1. The minimum Gasteiger partial charge on any atom is -0.466 e. The maximum Gasteiger partial charge on any atom is 0.309 e. The van der Waals surface area contributed by atoms with Crippen LogP contribution < -0.4 is 0 Å². The third-order valence-electron chi connectivity index (χ3n) is 2.21. The van der Waals surface area contributed by atoms with E-state index in [1.54, 1.807) is 25.4 Å². The first-order valence-corrected chi connectivity index (χ1v) is 5.41. The van der Waals surface area contributed by atoms with Gasteiger partial charge in [0.2, 0.25) is 0 Å². The van der Waals surface area contributed by atoms with Crippen LogP contribution in [0.5, 0.6) is 0 Å². The Hall–Kier alpha value is -2.17. The molecule has 0 saturated heterocycles. The quantitative estimate of drug-likeness (QED) is 0.816. The Morgan fingerprint density at radius 2 is 2.41 bits per heavy atom. The number of ether oxygens (including phenoxy) is 1. The first kappa shape index (κ1) is 11.3. The molecule has 0 saturated carbocycles. The van der Waals surface area contributed by atoms with Gasteiger partial charge in [0, 0.05) is 11.6 Å². The normalized spacial score (nSPS) is 11.1. The predicted molar refractivity (Wildman–Crippen MR) is 64.2 cm³/mol. The number of esters is 1. The number of aromatic amines is 1. The van der Waals surface area contributed by atoms with Crippen molar-refractivity contribution in [2.24, 2.45) is 0 Å². The van der Waals surface area contributed by atoms with Gasteiger partial charge in [-0.3, -0.25) is 9.89 Å². The Morgan fingerprint density at radius 3 is 3.24 bits per heavy atom. The summed E-state index contributed by atoms with van der Waals surface area (Å²) < 4.78 is 4.82. The molecule has 0 aromatic carbocycles. The van der Waals surface area contributed by atoms with Gasteiger partial charge in [-0.15, -0.1) is 0 Å². The summed E-state index contributed by atoms with van der Waals surface area (Å²) in [5.41, 5.74) is 1.69. The van der Waals surface area contributed by atoms with E-state index in [0.29, 0.717) is 6.61 Å². The van der Waals surface area contributed by atoms with Crippen LogP contribution in [-0.2, 0) is 9.53 Å². The van der Waals surface area contributed by atoms with E-state index in [2.05, 4.69) is 15.2 Å². The number of hydrogen-bond acceptors (Lipinski definition) is 4. The molecule has 1 N–H and O–H groups in total. The number of pyridine rings is 1. The van der Waals surface area contributed by atoms with Gasteiger partial charge in [0.05, 0.1) is 19.2 Å². The molecule has 88 valence electrons. The van der Waals surface area contributed by atoms with E-state index in [0.717, 1.165) is 16.6 Å². The number of rotatable bonds is 4. The van der Waals surface area contributed by atoms with E-state index in [-0.39, 0.29) is 12.4 Å². The van der Waals surface area contributed by atoms with Gasteiger partial charge in [0.1, 0.15) is 0 Å². The Bertz CT molecular complexity index is 545. The number of nitrogens with zero attached hydrogens (tertiary/aromatic N) is 2. The fraction of sp³-hybridized carbons (Fsp3) is 0.250. The summed E-state index contributed by atoms with van der Waals surface area (Å²) in [5, 5.41) is 7.62. The van der Waals surface area contributed by atoms with Crippen LogP contribution in [-0.4, -0.2) is 27.8 Å². The summed E-state index contributed by atoms with van der Waals surface area (Å²) in [6.07, 6.45) is 7.32. The van der Waals surface area contributed by atoms with Crippen LogP contribution in [0.25, 0.3) is 17.1 Å². The van der Waals surface area contributed by atoms with Crippen molar-refractivity contribution in [1.82, 2.24) is 15.2 Å². The molecule has 0 radical (unpaired) electrons. The molecule has 5 nitrogen and oxygen atoms in total. The molecule has 0 fully saturated rings. The van der Waals surface area contributed by atoms with Gasteiger partial charge in [-0.25, -0.2) is 4.98 Å². The third-order valence-corrected chi connectivity index (χ3v) is 2.21. The molecule has 2 rings (SSSR count). The molecular formula is C12H13N3O2. The minimum atomic E-state index is -0.221. The molecule has 0 spiro atoms. The number of nitrogens with one attached hydrogen (secondary N) is 1. The summed E-state index contributed by atoms with van der Waals surface area (Å²) in [6.45, 7) is 2.20. The molecule has 0 amide bonds. The smallest absolute Gasteiger partial charge is 0.309 e. The summed E-state index contributed by atoms with van der Waals surface area (Å²) in [7, 11) is 0. The van der Waals surface area contributed by atoms with Gasteiger partial charge in [-0.05, 0) is 18.6 Å². The van der Waals surface area contributed by atoms with Gasteiger partial charge in [-0.2, -0.15) is 5.10 Å². The molecule has 0 atom stereocenters. The molecule has 0 aliphatic rings. The van der Waals surface area contributed by atoms with Gasteiger partial charge in [-0.1, -0.05) is 12.2 Å². The molecule has 0 unspecified atom stereocenters. The van der Waals surface area contributed by atoms with Crippen LogP contribution in [0.15, 0.2) is 24.5 Å². The van der Waals surface area contributed by atoms with Gasteiger partial charge in [0.15, 0.2) is 5.65 Å². The fourth-order valence-corrected chi connectivity index (χ4v) is 1.46. The highest BCUT2D eigenvalue weighted by Crippen LogP contribution is 2.11. The molecule has 17 heavy (non-hydrogen) atoms. The zero-order chi connectivity index (χ0) is 12.1. The van der Waals surface area contributed by atoms with Gasteiger partial charge < -0.3 is 4.74 Å². The molecule has 2 aromatic rings. The number of hydrogen-bond donors (Lipinski definition) is 1. The summed E-state index contributed by atoms with van der Waals surface area (Å²) in [4.78, 5) is 15.3. The zero-order valence-corrected chi connectivity index (χ0v) is 9.51. The maximum atomic E-state index is 11.1. The van der Waals surface area contributed by atoms with E-state index >= 15 is 0 Å². The lowest BCUT2D eigenvalue weighted by Gasteiger charge is -1.97. The largest absolute Gasteiger partial charge is 0.466 e. The number of H-pyrrole nitrogens is 1. The van der Waals surface area contributed by atoms with E-state index in [1.165, 1.54) is 0 Å². The number of carbonyl (C=O) groups excluding carboxylic acids is 1. The van der Waals surface area contributed by atoms with Crippen molar-refractivity contribution in [3.05, 3.63) is 30.1 Å². The highest BCUT2D eigenvalue weighted by Gasteiger charge is 1.98. The maximum absolute atomic E-state index is 11.1. The number of carbonyl (C=O) groups is 1. The van der Waals surface area contributed by atoms with Crippen LogP contribution in [0.1, 0.15) is 18.9 Å². The minimum absolute atomic E-state index is 0.221. The first-order valence-electron chi connectivity index (χ1n) is 5.41. The van der Waals surface area contributed by atoms with Gasteiger partial charge >= 0.3 is 5.97 Å². The highest BCUT2D eigenvalue weighted by atomic mass is 16.5. The standard InChI is InChI=1S/C12H13N3O2/c1-2-17-11(16)5-3-4-9-6-10-8-14-15-12(10)13-7-9/h3-4,6-8H,2,5H2,1H3,(H,13,14,15). The Kier molecular flexibility index (Phi) is 3.49. The van der Waals surface area contributed by atoms with Crippen molar-refractivity contribution in [3.8, 4) is 0 Å². The van der Waals surface area contributed by atoms with Crippen LogP contribution in [0.4, 0.5) is 0 Å². The number of aromatic nitrogens is 3. The second kappa shape index (κ2) is 5.25. The highest BCUT2D eigenvalue weighted by molar-refractivity contribution is 5.77. The molecule has 0 bridgehead atoms. The zero-order valence-electron chi connectivity index (χ0n) is 9.51. The Balaban J connectivity index is 2.02. The summed E-state index contributed by atoms with van der Waals surface area (Å²) in [5.74, 6) is -0.221. The molecule has 0 aliphatic heterocycles. The molecule has 2 heterocycles. The second-order valence-corrected chi connectivity index (χ2v) is 3.49. The lowest BCUT2D eigenvalue weighted by atomic mass is 10.2. The summed E-state index contributed by atoms with van der Waals surface area (Å²) in [6, 6.07) is 1.95. The fourth-order valence-electron chi connectivity index (χ4n) is 1.46. The molecular weight excluding hydrogens is 218 g/mol. The third kappa shape index (κ3) is 2.90. The van der Waals surface area contributed by atoms with Crippen LogP contribution in [0.3, 0.4) is 0 Å². The Labute approximate surface area is 98.5 Å². The molecule has 5 heteroatoms. The molecule has 2 aromatic heterocycles. The van der Waals surface area contributed by atoms with Crippen molar-refractivity contribution < 1.29 is 9.53 Å². The second-order valence-electron chi connectivity index (χ2n) is 3.49. The van der Waals surface area contributed by atoms with Crippen molar-refractivity contribution >= 4 is 23.1 Å². The Morgan fingerprint density at radius 1 is 1.53 bits per heavy atom. The van der Waals surface area contributed by atoms with Crippen LogP contribution >= 0.6 is 0 Å². The molecule has 0 aliphatic carbocycles. The van der Waals surface area contributed by atoms with Gasteiger partial charge in [0.25, 0.3) is 0 Å². The van der Waals surface area contributed by atoms with Crippen LogP contribution in [0.2, 0.25) is 0 Å². The van der Waals surface area contributed by atoms with E-state index in [1.807, 2.05) is 12.1 Å². The van der Waals surface area contributed by atoms with Crippen molar-refractivity contribution in [3.63, 3.8) is 0 Å². The average Bonchev–Trinajstić information content (AvgIpc) is 2.76. The van der Waals surface area contributed by atoms with E-state index in [4.69, 9.17) is 4.74 Å². The lowest BCUT2D eigenvalue weighted by molar-refractivity contribution is -0.142. The topological polar surface area (TPSA) is 67.9 Å². The average molecular weight is 231 g/mol. The van der Waals surface area contributed by atoms with Crippen molar-refractivity contribution in [1.29, 1.82) is 0 Å². The van der Waals surface area contributed by atoms with Crippen molar-refractivity contribution in [2.45, 2.75) is 13.3 Å². The lowest BCUT2D eigenvalue weighted by Crippen LogP contribution is -2.01. The monoisotopic (exact) mass is 231 g/mol. The van der Waals surface area contributed by atoms with Crippen LogP contribution in [0, 0.1) is 0 Å².